The standard InChI is InChI=1S/C16H24FN3O3.ClH/c1-11(2)15(18)16(22)19-10-14(21)20(3)8-9-23-13-7-5-4-6-12(13)17;/h4-7,11,15H,8-10,18H2,1-3H3,(H,19,22);1H/t15-;/m0./s1. The Morgan fingerprint density at radius 2 is 1.96 bits per heavy atom. The summed E-state index contributed by atoms with van der Waals surface area (Å²) in [6.45, 7) is 3.97. The summed E-state index contributed by atoms with van der Waals surface area (Å²) in [7, 11) is 1.58. The van der Waals surface area contributed by atoms with Crippen LogP contribution in [0.15, 0.2) is 24.3 Å². The first-order valence-corrected chi connectivity index (χ1v) is 7.47. The van der Waals surface area contributed by atoms with Crippen molar-refractivity contribution in [2.75, 3.05) is 26.7 Å². The van der Waals surface area contributed by atoms with Crippen LogP contribution in [0.1, 0.15) is 13.8 Å². The number of hydrogen-bond donors (Lipinski definition) is 2. The Morgan fingerprint density at radius 1 is 1.33 bits per heavy atom. The summed E-state index contributed by atoms with van der Waals surface area (Å²) in [6.07, 6.45) is 0. The molecule has 8 heteroatoms. The van der Waals surface area contributed by atoms with E-state index >= 15 is 0 Å². The van der Waals surface area contributed by atoms with Gasteiger partial charge in [-0.05, 0) is 18.1 Å². The van der Waals surface area contributed by atoms with Gasteiger partial charge in [-0.25, -0.2) is 4.39 Å². The van der Waals surface area contributed by atoms with E-state index in [1.807, 2.05) is 13.8 Å². The zero-order chi connectivity index (χ0) is 17.4. The number of rotatable bonds is 8. The van der Waals surface area contributed by atoms with E-state index in [0.29, 0.717) is 0 Å². The second kappa shape index (κ2) is 10.8. The van der Waals surface area contributed by atoms with Gasteiger partial charge in [0.15, 0.2) is 11.6 Å². The molecule has 0 radical (unpaired) electrons. The number of ether oxygens (including phenoxy) is 1. The van der Waals surface area contributed by atoms with E-state index in [1.54, 1.807) is 19.2 Å². The first kappa shape index (κ1) is 22.1. The molecule has 0 aliphatic rings. The molecule has 0 saturated carbocycles. The van der Waals surface area contributed by atoms with Gasteiger partial charge in [0.2, 0.25) is 11.8 Å². The highest BCUT2D eigenvalue weighted by Crippen LogP contribution is 2.14. The summed E-state index contributed by atoms with van der Waals surface area (Å²) >= 11 is 0. The minimum Gasteiger partial charge on any atom is -0.489 e. The number of halogens is 2. The van der Waals surface area contributed by atoms with E-state index in [4.69, 9.17) is 10.5 Å². The summed E-state index contributed by atoms with van der Waals surface area (Å²) in [4.78, 5) is 25.0. The zero-order valence-electron chi connectivity index (χ0n) is 14.1. The van der Waals surface area contributed by atoms with Crippen LogP contribution in [0, 0.1) is 11.7 Å². The number of para-hydroxylation sites is 1. The second-order valence-corrected chi connectivity index (χ2v) is 5.58. The molecule has 0 unspecified atom stereocenters. The average molecular weight is 362 g/mol. The first-order chi connectivity index (χ1) is 10.8. The number of hydrogen-bond acceptors (Lipinski definition) is 4. The quantitative estimate of drug-likeness (QED) is 0.728. The molecule has 0 aliphatic carbocycles. The van der Waals surface area contributed by atoms with Crippen molar-refractivity contribution in [3.05, 3.63) is 30.1 Å². The maximum absolute atomic E-state index is 13.4. The molecular weight excluding hydrogens is 337 g/mol. The molecule has 2 amide bonds. The lowest BCUT2D eigenvalue weighted by molar-refractivity contribution is -0.132. The van der Waals surface area contributed by atoms with E-state index < -0.39 is 11.9 Å². The smallest absolute Gasteiger partial charge is 0.241 e. The van der Waals surface area contributed by atoms with Crippen molar-refractivity contribution in [3.8, 4) is 5.75 Å². The van der Waals surface area contributed by atoms with Crippen molar-refractivity contribution in [1.82, 2.24) is 10.2 Å². The van der Waals surface area contributed by atoms with Gasteiger partial charge in [0.25, 0.3) is 0 Å². The molecule has 0 aromatic heterocycles. The summed E-state index contributed by atoms with van der Waals surface area (Å²) in [5, 5.41) is 2.51. The molecule has 1 atom stereocenters. The molecule has 136 valence electrons. The van der Waals surface area contributed by atoms with Crippen molar-refractivity contribution in [1.29, 1.82) is 0 Å². The lowest BCUT2D eigenvalue weighted by Crippen LogP contribution is -2.47. The van der Waals surface area contributed by atoms with Gasteiger partial charge in [0.1, 0.15) is 6.61 Å². The van der Waals surface area contributed by atoms with Gasteiger partial charge in [-0.2, -0.15) is 0 Å². The molecule has 0 fully saturated rings. The fourth-order valence-electron chi connectivity index (χ4n) is 1.70. The van der Waals surface area contributed by atoms with Crippen LogP contribution >= 0.6 is 12.4 Å². The van der Waals surface area contributed by atoms with Crippen molar-refractivity contribution in [2.24, 2.45) is 11.7 Å². The first-order valence-electron chi connectivity index (χ1n) is 7.47. The van der Waals surface area contributed by atoms with Gasteiger partial charge in [-0.15, -0.1) is 12.4 Å². The summed E-state index contributed by atoms with van der Waals surface area (Å²) in [5.41, 5.74) is 5.69. The Hall–Kier alpha value is -1.86. The average Bonchev–Trinajstić information content (AvgIpc) is 2.52. The summed E-state index contributed by atoms with van der Waals surface area (Å²) in [6, 6.07) is 5.42. The largest absolute Gasteiger partial charge is 0.489 e. The molecule has 1 aromatic carbocycles. The van der Waals surface area contributed by atoms with Crippen LogP contribution < -0.4 is 15.8 Å². The van der Waals surface area contributed by atoms with Crippen LogP contribution in [0.25, 0.3) is 0 Å². The maximum atomic E-state index is 13.4. The van der Waals surface area contributed by atoms with Gasteiger partial charge in [0.05, 0.1) is 19.1 Å². The van der Waals surface area contributed by atoms with Crippen LogP contribution in [-0.2, 0) is 9.59 Å². The Bertz CT molecular complexity index is 543. The third kappa shape index (κ3) is 7.14. The van der Waals surface area contributed by atoms with Gasteiger partial charge >= 0.3 is 0 Å². The number of nitrogens with zero attached hydrogens (tertiary/aromatic N) is 1. The third-order valence-corrected chi connectivity index (χ3v) is 3.38. The number of carbonyl (C=O) groups excluding carboxylic acids is 2. The van der Waals surface area contributed by atoms with E-state index in [2.05, 4.69) is 5.32 Å². The van der Waals surface area contributed by atoms with Crippen LogP contribution in [0.5, 0.6) is 5.75 Å². The molecular formula is C16H25ClFN3O3. The van der Waals surface area contributed by atoms with E-state index in [9.17, 15) is 14.0 Å². The fourth-order valence-corrected chi connectivity index (χ4v) is 1.70. The predicted molar refractivity (Wildman–Crippen MR) is 92.6 cm³/mol. The number of carbonyl (C=O) groups is 2. The highest BCUT2D eigenvalue weighted by Gasteiger charge is 2.18. The molecule has 1 rings (SSSR count). The van der Waals surface area contributed by atoms with Crippen LogP contribution in [0.3, 0.4) is 0 Å². The Labute approximate surface area is 147 Å². The van der Waals surface area contributed by atoms with Gasteiger partial charge in [0, 0.05) is 7.05 Å². The number of nitrogens with two attached hydrogens (primary N) is 1. The van der Waals surface area contributed by atoms with Crippen molar-refractivity contribution in [3.63, 3.8) is 0 Å². The molecule has 3 N–H and O–H groups in total. The highest BCUT2D eigenvalue weighted by atomic mass is 35.5. The molecule has 0 saturated heterocycles. The Morgan fingerprint density at radius 3 is 2.54 bits per heavy atom. The van der Waals surface area contributed by atoms with Crippen LogP contribution in [0.4, 0.5) is 4.39 Å². The third-order valence-electron chi connectivity index (χ3n) is 3.38. The van der Waals surface area contributed by atoms with E-state index in [0.717, 1.165) is 0 Å². The number of benzene rings is 1. The van der Waals surface area contributed by atoms with Crippen LogP contribution in [0.2, 0.25) is 0 Å². The second-order valence-electron chi connectivity index (χ2n) is 5.58. The Kier molecular flexibility index (Phi) is 9.99. The molecule has 0 heterocycles. The maximum Gasteiger partial charge on any atom is 0.241 e. The molecule has 0 spiro atoms. The molecule has 0 bridgehead atoms. The van der Waals surface area contributed by atoms with Crippen LogP contribution in [-0.4, -0.2) is 49.5 Å². The molecule has 0 aliphatic heterocycles. The minimum atomic E-state index is -0.641. The highest BCUT2D eigenvalue weighted by molar-refractivity contribution is 5.87. The number of likely N-dealkylation sites (N-methyl/N-ethyl adjacent to an activating group) is 1. The fraction of sp³-hybridized carbons (Fsp3) is 0.500. The van der Waals surface area contributed by atoms with E-state index in [1.165, 1.54) is 17.0 Å². The molecule has 6 nitrogen and oxygen atoms in total. The normalized spacial score (nSPS) is 11.4. The lowest BCUT2D eigenvalue weighted by atomic mass is 10.1. The van der Waals surface area contributed by atoms with Gasteiger partial charge < -0.3 is 20.7 Å². The van der Waals surface area contributed by atoms with Crippen molar-refractivity contribution < 1.29 is 18.7 Å². The molecule has 1 aromatic rings. The predicted octanol–water partition coefficient (Wildman–Crippen LogP) is 1.18. The lowest BCUT2D eigenvalue weighted by Gasteiger charge is -2.19. The number of amides is 2. The monoisotopic (exact) mass is 361 g/mol. The minimum absolute atomic E-state index is 0. The SMILES string of the molecule is CC(C)[C@H](N)C(=O)NCC(=O)N(C)CCOc1ccccc1F.Cl. The van der Waals surface area contributed by atoms with Gasteiger partial charge in [-0.1, -0.05) is 26.0 Å². The molecule has 24 heavy (non-hydrogen) atoms. The Balaban J connectivity index is 0.00000529. The number of nitrogens with one attached hydrogen (secondary N) is 1. The topological polar surface area (TPSA) is 84.7 Å². The van der Waals surface area contributed by atoms with Gasteiger partial charge in [-0.3, -0.25) is 9.59 Å². The zero-order valence-corrected chi connectivity index (χ0v) is 14.9. The van der Waals surface area contributed by atoms with Crippen molar-refractivity contribution in [2.45, 2.75) is 19.9 Å². The summed E-state index contributed by atoms with van der Waals surface area (Å²) in [5.74, 6) is -0.936. The van der Waals surface area contributed by atoms with E-state index in [-0.39, 0.29) is 55.6 Å². The summed E-state index contributed by atoms with van der Waals surface area (Å²) < 4.78 is 18.6. The van der Waals surface area contributed by atoms with Crippen molar-refractivity contribution >= 4 is 24.2 Å².